The van der Waals surface area contributed by atoms with Crippen LogP contribution in [0, 0.1) is 5.92 Å². The summed E-state index contributed by atoms with van der Waals surface area (Å²) in [7, 11) is 1.65. The monoisotopic (exact) mass is 537 g/mol. The molecule has 4 saturated heterocycles. The summed E-state index contributed by atoms with van der Waals surface area (Å²) in [6, 6.07) is 11.8. The van der Waals surface area contributed by atoms with Gasteiger partial charge in [0, 0.05) is 29.2 Å². The number of carbonyl (C=O) groups is 1. The highest BCUT2D eigenvalue weighted by Crippen LogP contribution is 2.40. The maximum atomic E-state index is 14.0. The molecule has 0 saturated carbocycles. The van der Waals surface area contributed by atoms with Crippen molar-refractivity contribution in [2.24, 2.45) is 5.92 Å². The van der Waals surface area contributed by atoms with Crippen LogP contribution >= 0.6 is 11.3 Å². The van der Waals surface area contributed by atoms with Gasteiger partial charge in [-0.15, -0.1) is 11.3 Å². The zero-order valence-electron chi connectivity index (χ0n) is 22.3. The van der Waals surface area contributed by atoms with Crippen LogP contribution in [0.3, 0.4) is 0 Å². The van der Waals surface area contributed by atoms with E-state index in [0.29, 0.717) is 24.2 Å². The van der Waals surface area contributed by atoms with E-state index >= 15 is 0 Å². The lowest BCUT2D eigenvalue weighted by molar-refractivity contribution is -0.959. The molecule has 4 aliphatic heterocycles. The minimum atomic E-state index is -0.731. The van der Waals surface area contributed by atoms with E-state index in [4.69, 9.17) is 19.0 Å². The zero-order valence-corrected chi connectivity index (χ0v) is 23.1. The Bertz CT molecular complexity index is 1230. The average Bonchev–Trinajstić information content (AvgIpc) is 3.67. The third kappa shape index (κ3) is 4.76. The summed E-state index contributed by atoms with van der Waals surface area (Å²) in [5.74, 6) is 2.34. The number of likely N-dealkylation sites (tertiary alicyclic amines) is 1. The second-order valence-corrected chi connectivity index (χ2v) is 12.2. The number of benzene rings is 1. The minimum absolute atomic E-state index is 0.0851. The van der Waals surface area contributed by atoms with E-state index in [-0.39, 0.29) is 12.1 Å². The summed E-state index contributed by atoms with van der Waals surface area (Å²) < 4.78 is 18.2. The van der Waals surface area contributed by atoms with Gasteiger partial charge in [0.2, 0.25) is 5.82 Å². The summed E-state index contributed by atoms with van der Waals surface area (Å²) >= 11 is 1.65. The summed E-state index contributed by atoms with van der Waals surface area (Å²) in [6.45, 7) is 7.50. The Morgan fingerprint density at radius 1 is 1.16 bits per heavy atom. The molecule has 1 aromatic carbocycles. The van der Waals surface area contributed by atoms with Gasteiger partial charge in [-0.25, -0.2) is 4.79 Å². The fourth-order valence-corrected chi connectivity index (χ4v) is 7.48. The predicted octanol–water partition coefficient (Wildman–Crippen LogP) is 4.86. The van der Waals surface area contributed by atoms with Crippen LogP contribution in [0.1, 0.15) is 49.8 Å². The van der Waals surface area contributed by atoms with Crippen molar-refractivity contribution in [1.82, 2.24) is 15.0 Å². The molecule has 202 valence electrons. The predicted molar refractivity (Wildman–Crippen MR) is 145 cm³/mol. The number of ether oxygens (including phenoxy) is 2. The summed E-state index contributed by atoms with van der Waals surface area (Å²) in [5, 5.41) is 6.30. The van der Waals surface area contributed by atoms with E-state index in [1.54, 1.807) is 18.4 Å². The van der Waals surface area contributed by atoms with Crippen molar-refractivity contribution in [3.8, 4) is 17.1 Å². The first-order chi connectivity index (χ1) is 18.5. The van der Waals surface area contributed by atoms with Crippen LogP contribution in [-0.4, -0.2) is 71.4 Å². The van der Waals surface area contributed by atoms with Crippen LogP contribution in [0.15, 0.2) is 46.3 Å². The second-order valence-electron chi connectivity index (χ2n) is 11.2. The molecule has 6 heterocycles. The lowest BCUT2D eigenvalue weighted by Gasteiger charge is -2.52. The van der Waals surface area contributed by atoms with Gasteiger partial charge < -0.3 is 18.5 Å². The molecule has 9 heteroatoms. The first-order valence-corrected chi connectivity index (χ1v) is 14.7. The van der Waals surface area contributed by atoms with Gasteiger partial charge in [0.1, 0.15) is 12.3 Å². The van der Waals surface area contributed by atoms with Gasteiger partial charge in [-0.1, -0.05) is 17.6 Å². The SMILES string of the molecule is COc1ccc(-c2noc(C[N+]34CCC(CC3)[C@@H](OC(=O)[C@@](C)(c3cccs3)N3CCCCC3)C4)n2)cc1. The van der Waals surface area contributed by atoms with Crippen LogP contribution in [-0.2, 0) is 21.6 Å². The number of nitrogens with zero attached hydrogens (tertiary/aromatic N) is 4. The van der Waals surface area contributed by atoms with Crippen LogP contribution in [0.4, 0.5) is 0 Å². The third-order valence-corrected chi connectivity index (χ3v) is 10.1. The summed E-state index contributed by atoms with van der Waals surface area (Å²) in [4.78, 5) is 22.1. The van der Waals surface area contributed by atoms with E-state index in [2.05, 4.69) is 28.4 Å². The number of quaternary nitrogens is 1. The van der Waals surface area contributed by atoms with Gasteiger partial charge in [0.05, 0.1) is 20.2 Å². The van der Waals surface area contributed by atoms with Crippen molar-refractivity contribution in [1.29, 1.82) is 0 Å². The van der Waals surface area contributed by atoms with Gasteiger partial charge >= 0.3 is 5.97 Å². The number of esters is 1. The van der Waals surface area contributed by atoms with Crippen molar-refractivity contribution in [2.45, 2.75) is 57.2 Å². The molecule has 0 spiro atoms. The maximum absolute atomic E-state index is 14.0. The lowest BCUT2D eigenvalue weighted by Crippen LogP contribution is -2.64. The zero-order chi connectivity index (χ0) is 26.2. The highest BCUT2D eigenvalue weighted by molar-refractivity contribution is 7.10. The summed E-state index contributed by atoms with van der Waals surface area (Å²) in [6.07, 6.45) is 5.50. The minimum Gasteiger partial charge on any atom is -0.497 e. The number of hydrogen-bond donors (Lipinski definition) is 0. The Morgan fingerprint density at radius 2 is 1.92 bits per heavy atom. The van der Waals surface area contributed by atoms with Crippen molar-refractivity contribution >= 4 is 17.3 Å². The molecule has 0 radical (unpaired) electrons. The van der Waals surface area contributed by atoms with E-state index in [9.17, 15) is 4.79 Å². The molecule has 0 amide bonds. The number of fused-ring (bicyclic) bond motifs is 3. The number of carbonyl (C=O) groups excluding carboxylic acids is 1. The molecule has 2 aromatic heterocycles. The van der Waals surface area contributed by atoms with Crippen molar-refractivity contribution in [3.63, 3.8) is 0 Å². The molecule has 4 fully saturated rings. The third-order valence-electron chi connectivity index (χ3n) is 8.97. The normalized spacial score (nSPS) is 27.1. The highest BCUT2D eigenvalue weighted by atomic mass is 32.1. The molecular formula is C29H37N4O4S+. The number of hydrogen-bond acceptors (Lipinski definition) is 8. The number of aromatic nitrogens is 2. The average molecular weight is 538 g/mol. The molecule has 38 heavy (non-hydrogen) atoms. The van der Waals surface area contributed by atoms with Crippen LogP contribution in [0.2, 0.25) is 0 Å². The number of methoxy groups -OCH3 is 1. The Balaban J connectivity index is 1.17. The fraction of sp³-hybridized carbons (Fsp3) is 0.552. The molecule has 2 bridgehead atoms. The van der Waals surface area contributed by atoms with E-state index in [0.717, 1.165) is 79.1 Å². The Morgan fingerprint density at radius 3 is 2.61 bits per heavy atom. The molecule has 7 rings (SSSR count). The maximum Gasteiger partial charge on any atom is 0.332 e. The van der Waals surface area contributed by atoms with Crippen LogP contribution in [0.25, 0.3) is 11.4 Å². The lowest BCUT2D eigenvalue weighted by atomic mass is 9.83. The van der Waals surface area contributed by atoms with Crippen molar-refractivity contribution in [3.05, 3.63) is 52.5 Å². The van der Waals surface area contributed by atoms with E-state index < -0.39 is 5.54 Å². The number of rotatable bonds is 8. The Kier molecular flexibility index (Phi) is 7.01. The molecule has 0 N–H and O–H groups in total. The molecule has 4 aliphatic rings. The molecular weight excluding hydrogens is 500 g/mol. The van der Waals surface area contributed by atoms with Crippen molar-refractivity contribution in [2.75, 3.05) is 39.8 Å². The molecule has 0 aliphatic carbocycles. The Labute approximate surface area is 228 Å². The highest BCUT2D eigenvalue weighted by Gasteiger charge is 2.51. The second kappa shape index (κ2) is 10.4. The number of thiophene rings is 1. The van der Waals surface area contributed by atoms with E-state index in [1.807, 2.05) is 30.3 Å². The largest absolute Gasteiger partial charge is 0.497 e. The molecule has 3 aromatic rings. The van der Waals surface area contributed by atoms with Gasteiger partial charge in [-0.3, -0.25) is 4.90 Å². The summed E-state index contributed by atoms with van der Waals surface area (Å²) in [5.41, 5.74) is 0.168. The van der Waals surface area contributed by atoms with Crippen molar-refractivity contribution < 1.29 is 23.3 Å². The smallest absolute Gasteiger partial charge is 0.332 e. The van der Waals surface area contributed by atoms with Gasteiger partial charge in [-0.2, -0.15) is 4.98 Å². The van der Waals surface area contributed by atoms with Crippen LogP contribution < -0.4 is 4.74 Å². The van der Waals surface area contributed by atoms with Crippen LogP contribution in [0.5, 0.6) is 5.75 Å². The van der Waals surface area contributed by atoms with Gasteiger partial charge in [0.25, 0.3) is 5.89 Å². The Hall–Kier alpha value is -2.75. The molecule has 0 unspecified atom stereocenters. The standard InChI is InChI=1S/C29H37N4O4S/c1-29(25-7-6-18-38-25,32-14-4-3-5-15-32)28(34)36-24-19-33(16-12-21(24)13-17-33)20-26-30-27(31-37-26)22-8-10-23(35-2)11-9-22/h6-11,18,21,24H,3-5,12-17,19-20H2,1-2H3/q+1/t21?,24-,29+,33?/m0/s1. The molecule has 8 nitrogen and oxygen atoms in total. The first kappa shape index (κ1) is 25.5. The van der Waals surface area contributed by atoms with Gasteiger partial charge in [0.15, 0.2) is 18.2 Å². The first-order valence-electron chi connectivity index (χ1n) is 13.8. The van der Waals surface area contributed by atoms with E-state index in [1.165, 1.54) is 6.42 Å². The molecule has 2 atom stereocenters. The topological polar surface area (TPSA) is 77.7 Å². The fourth-order valence-electron chi connectivity index (χ4n) is 6.57. The quantitative estimate of drug-likeness (QED) is 0.300. The van der Waals surface area contributed by atoms with Gasteiger partial charge in [-0.05, 0) is 68.6 Å². The number of piperidine rings is 4.